The zero-order valence-electron chi connectivity index (χ0n) is 15.8. The number of furan rings is 1. The molecule has 0 aliphatic carbocycles. The van der Waals surface area contributed by atoms with E-state index in [2.05, 4.69) is 51.4 Å². The molecule has 0 saturated carbocycles. The van der Waals surface area contributed by atoms with Gasteiger partial charge in [-0.15, -0.1) is 0 Å². The van der Waals surface area contributed by atoms with Gasteiger partial charge in [0.05, 0.1) is 6.26 Å². The zero-order valence-corrected chi connectivity index (χ0v) is 15.8. The van der Waals surface area contributed by atoms with Gasteiger partial charge in [0.25, 0.3) is 5.91 Å². The zero-order chi connectivity index (χ0) is 19.3. The van der Waals surface area contributed by atoms with E-state index in [1.807, 2.05) is 6.07 Å². The van der Waals surface area contributed by atoms with Crippen molar-refractivity contribution in [3.05, 3.63) is 71.8 Å². The van der Waals surface area contributed by atoms with Crippen LogP contribution in [0.5, 0.6) is 0 Å². The molecule has 1 N–H and O–H groups in total. The summed E-state index contributed by atoms with van der Waals surface area (Å²) in [5, 5.41) is 3.35. The first-order valence-corrected chi connectivity index (χ1v) is 9.39. The Hall–Kier alpha value is -3.35. The van der Waals surface area contributed by atoms with Gasteiger partial charge in [-0.1, -0.05) is 29.8 Å². The third-order valence-corrected chi connectivity index (χ3v) is 4.82. The summed E-state index contributed by atoms with van der Waals surface area (Å²) in [5.74, 6) is 1.78. The minimum atomic E-state index is -0.0703. The fourth-order valence-electron chi connectivity index (χ4n) is 3.16. The van der Waals surface area contributed by atoms with Crippen molar-refractivity contribution in [2.24, 2.45) is 0 Å². The average molecular weight is 377 g/mol. The number of carbonyl (C=O) groups is 1. The van der Waals surface area contributed by atoms with Crippen molar-refractivity contribution < 1.29 is 9.21 Å². The van der Waals surface area contributed by atoms with Gasteiger partial charge in [0.15, 0.2) is 5.76 Å². The van der Waals surface area contributed by atoms with Gasteiger partial charge in [0.1, 0.15) is 5.82 Å². The monoisotopic (exact) mass is 377 g/mol. The lowest BCUT2D eigenvalue weighted by molar-refractivity contribution is 0.0714. The molecule has 0 radical (unpaired) electrons. The van der Waals surface area contributed by atoms with Crippen LogP contribution in [-0.2, 0) is 6.54 Å². The molecular weight excluding hydrogens is 354 g/mol. The van der Waals surface area contributed by atoms with Crippen LogP contribution in [0.25, 0.3) is 0 Å². The lowest BCUT2D eigenvalue weighted by Crippen LogP contribution is -2.49. The van der Waals surface area contributed by atoms with Crippen LogP contribution in [0.3, 0.4) is 0 Å². The van der Waals surface area contributed by atoms with Gasteiger partial charge < -0.3 is 19.5 Å². The van der Waals surface area contributed by atoms with Crippen LogP contribution in [0.4, 0.5) is 11.8 Å². The van der Waals surface area contributed by atoms with Crippen molar-refractivity contribution in [3.8, 4) is 0 Å². The van der Waals surface area contributed by atoms with Gasteiger partial charge in [0.2, 0.25) is 5.95 Å². The van der Waals surface area contributed by atoms with E-state index in [9.17, 15) is 4.79 Å². The van der Waals surface area contributed by atoms with Crippen molar-refractivity contribution in [1.82, 2.24) is 14.9 Å². The van der Waals surface area contributed by atoms with Gasteiger partial charge in [-0.05, 0) is 30.7 Å². The van der Waals surface area contributed by atoms with E-state index in [0.29, 0.717) is 44.4 Å². The van der Waals surface area contributed by atoms with E-state index in [4.69, 9.17) is 4.42 Å². The number of carbonyl (C=O) groups excluding carboxylic acids is 1. The maximum atomic E-state index is 12.4. The Morgan fingerprint density at radius 1 is 1.11 bits per heavy atom. The van der Waals surface area contributed by atoms with Crippen molar-refractivity contribution in [3.63, 3.8) is 0 Å². The van der Waals surface area contributed by atoms with Crippen molar-refractivity contribution in [1.29, 1.82) is 0 Å². The van der Waals surface area contributed by atoms with Crippen LogP contribution >= 0.6 is 0 Å². The highest BCUT2D eigenvalue weighted by Crippen LogP contribution is 2.16. The molecule has 1 aliphatic heterocycles. The minimum absolute atomic E-state index is 0.0703. The maximum Gasteiger partial charge on any atom is 0.289 e. The van der Waals surface area contributed by atoms with Crippen LogP contribution in [0.2, 0.25) is 0 Å². The maximum absolute atomic E-state index is 12.4. The second kappa shape index (κ2) is 8.12. The molecule has 3 aromatic rings. The van der Waals surface area contributed by atoms with Crippen molar-refractivity contribution >= 4 is 17.7 Å². The summed E-state index contributed by atoms with van der Waals surface area (Å²) in [6.07, 6.45) is 3.28. The van der Waals surface area contributed by atoms with Gasteiger partial charge in [-0.3, -0.25) is 4.79 Å². The van der Waals surface area contributed by atoms with E-state index in [1.165, 1.54) is 17.4 Å². The Balaban J connectivity index is 1.34. The number of aromatic nitrogens is 2. The molecule has 28 heavy (non-hydrogen) atoms. The molecule has 0 bridgehead atoms. The Labute approximate surface area is 164 Å². The van der Waals surface area contributed by atoms with Crippen molar-refractivity contribution in [2.45, 2.75) is 13.5 Å². The first-order valence-electron chi connectivity index (χ1n) is 9.39. The smallest absolute Gasteiger partial charge is 0.289 e. The highest BCUT2D eigenvalue weighted by molar-refractivity contribution is 5.91. The largest absolute Gasteiger partial charge is 0.459 e. The molecule has 2 aromatic heterocycles. The summed E-state index contributed by atoms with van der Waals surface area (Å²) in [6.45, 7) is 5.40. The predicted molar refractivity (Wildman–Crippen MR) is 107 cm³/mol. The quantitative estimate of drug-likeness (QED) is 0.737. The number of hydrogen-bond acceptors (Lipinski definition) is 6. The topological polar surface area (TPSA) is 74.5 Å². The molecule has 1 aliphatic rings. The molecule has 144 valence electrons. The van der Waals surface area contributed by atoms with Crippen molar-refractivity contribution in [2.75, 3.05) is 36.4 Å². The van der Waals surface area contributed by atoms with Gasteiger partial charge in [-0.25, -0.2) is 4.98 Å². The number of nitrogens with zero attached hydrogens (tertiary/aromatic N) is 4. The van der Waals surface area contributed by atoms with E-state index in [0.717, 1.165) is 5.82 Å². The van der Waals surface area contributed by atoms with Gasteiger partial charge >= 0.3 is 0 Å². The molecule has 1 aromatic carbocycles. The molecule has 0 spiro atoms. The number of piperazine rings is 1. The number of amides is 1. The molecule has 1 saturated heterocycles. The highest BCUT2D eigenvalue weighted by Gasteiger charge is 2.24. The van der Waals surface area contributed by atoms with Crippen LogP contribution in [0, 0.1) is 6.92 Å². The summed E-state index contributed by atoms with van der Waals surface area (Å²) in [6, 6.07) is 13.7. The first kappa shape index (κ1) is 18.0. The predicted octanol–water partition coefficient (Wildman–Crippen LogP) is 2.95. The summed E-state index contributed by atoms with van der Waals surface area (Å²) >= 11 is 0. The summed E-state index contributed by atoms with van der Waals surface area (Å²) < 4.78 is 5.21. The second-order valence-electron chi connectivity index (χ2n) is 6.84. The van der Waals surface area contributed by atoms with E-state index in [1.54, 1.807) is 23.2 Å². The van der Waals surface area contributed by atoms with Crippen LogP contribution in [0.1, 0.15) is 21.7 Å². The summed E-state index contributed by atoms with van der Waals surface area (Å²) in [5.41, 5.74) is 2.45. The van der Waals surface area contributed by atoms with E-state index < -0.39 is 0 Å². The molecule has 4 rings (SSSR count). The SMILES string of the molecule is Cc1ccc(CNc2ccnc(N3CCN(C(=O)c4ccco4)CC3)n2)cc1. The Morgan fingerprint density at radius 2 is 1.89 bits per heavy atom. The van der Waals surface area contributed by atoms with Crippen LogP contribution in [-0.4, -0.2) is 47.0 Å². The molecule has 1 amide bonds. The third-order valence-electron chi connectivity index (χ3n) is 4.82. The van der Waals surface area contributed by atoms with Gasteiger partial charge in [0, 0.05) is 38.9 Å². The van der Waals surface area contributed by atoms with Crippen LogP contribution < -0.4 is 10.2 Å². The third kappa shape index (κ3) is 4.14. The lowest BCUT2D eigenvalue weighted by Gasteiger charge is -2.34. The standard InChI is InChI=1S/C21H23N5O2/c1-16-4-6-17(7-5-16)15-23-19-8-9-22-21(24-19)26-12-10-25(11-13-26)20(27)18-3-2-14-28-18/h2-9,14H,10-13,15H2,1H3,(H,22,23,24). The number of aryl methyl sites for hydroxylation is 1. The molecule has 1 fully saturated rings. The highest BCUT2D eigenvalue weighted by atomic mass is 16.3. The lowest BCUT2D eigenvalue weighted by atomic mass is 10.1. The number of benzene rings is 1. The number of rotatable bonds is 5. The molecule has 7 nitrogen and oxygen atoms in total. The Bertz CT molecular complexity index is 916. The Kier molecular flexibility index (Phi) is 5.23. The molecule has 0 atom stereocenters. The van der Waals surface area contributed by atoms with E-state index in [-0.39, 0.29) is 5.91 Å². The van der Waals surface area contributed by atoms with Gasteiger partial charge in [-0.2, -0.15) is 4.98 Å². The first-order chi connectivity index (χ1) is 13.7. The average Bonchev–Trinajstić information content (AvgIpc) is 3.28. The summed E-state index contributed by atoms with van der Waals surface area (Å²) in [7, 11) is 0. The van der Waals surface area contributed by atoms with Crippen LogP contribution in [0.15, 0.2) is 59.3 Å². The normalized spacial score (nSPS) is 14.2. The number of anilines is 2. The fourth-order valence-corrected chi connectivity index (χ4v) is 3.16. The molecular formula is C21H23N5O2. The number of hydrogen-bond donors (Lipinski definition) is 1. The molecule has 3 heterocycles. The second-order valence-corrected chi connectivity index (χ2v) is 6.84. The minimum Gasteiger partial charge on any atom is -0.459 e. The fraction of sp³-hybridized carbons (Fsp3) is 0.286. The molecule has 7 heteroatoms. The Morgan fingerprint density at radius 3 is 2.61 bits per heavy atom. The summed E-state index contributed by atoms with van der Waals surface area (Å²) in [4.78, 5) is 25.3. The number of nitrogens with one attached hydrogen (secondary N) is 1. The van der Waals surface area contributed by atoms with E-state index >= 15 is 0 Å². The molecule has 0 unspecified atom stereocenters.